The van der Waals surface area contributed by atoms with Crippen LogP contribution < -0.4 is 10.1 Å². The summed E-state index contributed by atoms with van der Waals surface area (Å²) in [4.78, 5) is 7.22. The number of rotatable bonds is 4. The van der Waals surface area contributed by atoms with E-state index in [2.05, 4.69) is 23.2 Å². The summed E-state index contributed by atoms with van der Waals surface area (Å²) in [6, 6.07) is 8.11. The lowest BCUT2D eigenvalue weighted by molar-refractivity contribution is 0.156. The average molecular weight is 445 g/mol. The molecule has 2 heterocycles. The van der Waals surface area contributed by atoms with Crippen molar-refractivity contribution in [1.29, 1.82) is 0 Å². The number of methoxy groups -OCH3 is 1. The van der Waals surface area contributed by atoms with Crippen molar-refractivity contribution in [2.75, 3.05) is 40.0 Å². The molecular weight excluding hydrogens is 417 g/mol. The maximum atomic E-state index is 5.62. The molecular formula is C18H28IN3O2. The van der Waals surface area contributed by atoms with Gasteiger partial charge in [-0.2, -0.15) is 0 Å². The molecule has 0 radical (unpaired) electrons. The molecule has 0 bridgehead atoms. The number of likely N-dealkylation sites (tertiary alicyclic amines) is 1. The van der Waals surface area contributed by atoms with Crippen molar-refractivity contribution in [2.24, 2.45) is 10.4 Å². The Kier molecular flexibility index (Phi) is 7.16. The highest BCUT2D eigenvalue weighted by atomic mass is 127. The zero-order valence-corrected chi connectivity index (χ0v) is 16.9. The molecule has 1 atom stereocenters. The van der Waals surface area contributed by atoms with E-state index in [1.54, 1.807) is 7.11 Å². The van der Waals surface area contributed by atoms with E-state index in [0.29, 0.717) is 12.0 Å². The highest BCUT2D eigenvalue weighted by molar-refractivity contribution is 14.0. The van der Waals surface area contributed by atoms with Gasteiger partial charge < -0.3 is 19.7 Å². The third-order valence-electron chi connectivity index (χ3n) is 4.80. The van der Waals surface area contributed by atoms with Crippen LogP contribution in [-0.2, 0) is 11.3 Å². The van der Waals surface area contributed by atoms with Gasteiger partial charge in [0.1, 0.15) is 5.75 Å². The third-order valence-corrected chi connectivity index (χ3v) is 4.80. The molecule has 1 aromatic carbocycles. The first-order chi connectivity index (χ1) is 11.2. The summed E-state index contributed by atoms with van der Waals surface area (Å²) in [5.41, 5.74) is 1.52. The van der Waals surface area contributed by atoms with E-state index in [1.807, 2.05) is 18.2 Å². The second-order valence-corrected chi connectivity index (χ2v) is 6.50. The van der Waals surface area contributed by atoms with E-state index in [9.17, 15) is 0 Å². The monoisotopic (exact) mass is 445 g/mol. The molecule has 2 aliphatic heterocycles. The normalized spacial score (nSPS) is 23.4. The Balaban J connectivity index is 0.00000208. The second kappa shape index (κ2) is 8.89. The van der Waals surface area contributed by atoms with Crippen molar-refractivity contribution in [3.63, 3.8) is 0 Å². The highest BCUT2D eigenvalue weighted by Crippen LogP contribution is 2.38. The minimum atomic E-state index is 0. The summed E-state index contributed by atoms with van der Waals surface area (Å²) >= 11 is 0. The molecule has 3 rings (SSSR count). The number of hydrogen-bond acceptors (Lipinski definition) is 3. The number of benzene rings is 1. The number of hydrogen-bond donors (Lipinski definition) is 1. The Morgan fingerprint density at radius 3 is 3.00 bits per heavy atom. The molecule has 134 valence electrons. The van der Waals surface area contributed by atoms with Crippen LogP contribution in [0, 0.1) is 5.41 Å². The van der Waals surface area contributed by atoms with Crippen LogP contribution in [0.3, 0.4) is 0 Å². The van der Waals surface area contributed by atoms with E-state index < -0.39 is 0 Å². The van der Waals surface area contributed by atoms with Crippen LogP contribution >= 0.6 is 24.0 Å². The topological polar surface area (TPSA) is 46.1 Å². The van der Waals surface area contributed by atoms with Crippen molar-refractivity contribution in [3.05, 3.63) is 29.8 Å². The van der Waals surface area contributed by atoms with Gasteiger partial charge in [0.05, 0.1) is 20.3 Å². The van der Waals surface area contributed by atoms with E-state index in [4.69, 9.17) is 14.5 Å². The first kappa shape index (κ1) is 19.3. The van der Waals surface area contributed by atoms with Crippen LogP contribution in [0.25, 0.3) is 0 Å². The van der Waals surface area contributed by atoms with Crippen molar-refractivity contribution in [3.8, 4) is 5.75 Å². The SMILES string of the molecule is CCNC(=NCc1cccc(OC)c1)N1CCC2(CCOC2)C1.I. The fourth-order valence-corrected chi connectivity index (χ4v) is 3.45. The molecule has 2 fully saturated rings. The summed E-state index contributed by atoms with van der Waals surface area (Å²) in [5.74, 6) is 1.89. The molecule has 1 unspecified atom stereocenters. The van der Waals surface area contributed by atoms with E-state index in [0.717, 1.165) is 50.1 Å². The smallest absolute Gasteiger partial charge is 0.194 e. The van der Waals surface area contributed by atoms with Crippen LogP contribution in [0.4, 0.5) is 0 Å². The fraction of sp³-hybridized carbons (Fsp3) is 0.611. The third kappa shape index (κ3) is 4.53. The number of nitrogens with zero attached hydrogens (tertiary/aromatic N) is 2. The van der Waals surface area contributed by atoms with Crippen molar-refractivity contribution in [1.82, 2.24) is 10.2 Å². The number of ether oxygens (including phenoxy) is 2. The van der Waals surface area contributed by atoms with Crippen LogP contribution in [-0.4, -0.2) is 50.8 Å². The molecule has 0 saturated carbocycles. The van der Waals surface area contributed by atoms with Gasteiger partial charge in [-0.15, -0.1) is 24.0 Å². The van der Waals surface area contributed by atoms with Crippen molar-refractivity contribution >= 4 is 29.9 Å². The predicted octanol–water partition coefficient (Wildman–Crippen LogP) is 2.89. The van der Waals surface area contributed by atoms with Gasteiger partial charge in [0, 0.05) is 31.7 Å². The lowest BCUT2D eigenvalue weighted by Gasteiger charge is -2.25. The summed E-state index contributed by atoms with van der Waals surface area (Å²) < 4.78 is 10.9. The Labute approximate surface area is 161 Å². The molecule has 24 heavy (non-hydrogen) atoms. The summed E-state index contributed by atoms with van der Waals surface area (Å²) in [7, 11) is 1.69. The molecule has 6 heteroatoms. The Morgan fingerprint density at radius 1 is 1.42 bits per heavy atom. The summed E-state index contributed by atoms with van der Waals surface area (Å²) in [5, 5.41) is 3.43. The quantitative estimate of drug-likeness (QED) is 0.440. The standard InChI is InChI=1S/C18H27N3O2.HI/c1-3-19-17(20-12-15-5-4-6-16(11-15)22-2)21-9-7-18(13-21)8-10-23-14-18;/h4-6,11H,3,7-10,12-14H2,1-2H3,(H,19,20);1H. The lowest BCUT2D eigenvalue weighted by Crippen LogP contribution is -2.41. The highest BCUT2D eigenvalue weighted by Gasteiger charge is 2.42. The number of guanidine groups is 1. The minimum absolute atomic E-state index is 0. The largest absolute Gasteiger partial charge is 0.497 e. The zero-order valence-electron chi connectivity index (χ0n) is 14.6. The molecule has 1 spiro atoms. The van der Waals surface area contributed by atoms with Gasteiger partial charge in [0.2, 0.25) is 0 Å². The van der Waals surface area contributed by atoms with Crippen LogP contribution in [0.5, 0.6) is 5.75 Å². The van der Waals surface area contributed by atoms with Gasteiger partial charge in [0.15, 0.2) is 5.96 Å². The van der Waals surface area contributed by atoms with Gasteiger partial charge in [0.25, 0.3) is 0 Å². The summed E-state index contributed by atoms with van der Waals surface area (Å²) in [6.45, 7) is 7.59. The van der Waals surface area contributed by atoms with Crippen molar-refractivity contribution < 1.29 is 9.47 Å². The van der Waals surface area contributed by atoms with Crippen molar-refractivity contribution in [2.45, 2.75) is 26.3 Å². The number of nitrogens with one attached hydrogen (secondary N) is 1. The Hall–Kier alpha value is -1.02. The molecule has 5 nitrogen and oxygen atoms in total. The maximum Gasteiger partial charge on any atom is 0.194 e. The maximum absolute atomic E-state index is 5.62. The molecule has 2 aliphatic rings. The van der Waals surface area contributed by atoms with Gasteiger partial charge in [-0.1, -0.05) is 12.1 Å². The van der Waals surface area contributed by atoms with E-state index in [1.165, 1.54) is 12.8 Å². The van der Waals surface area contributed by atoms with Gasteiger partial charge in [-0.05, 0) is 37.5 Å². The fourth-order valence-electron chi connectivity index (χ4n) is 3.45. The Bertz CT molecular complexity index is 559. The average Bonchev–Trinajstić information content (AvgIpc) is 3.22. The van der Waals surface area contributed by atoms with Crippen LogP contribution in [0.1, 0.15) is 25.3 Å². The molecule has 1 N–H and O–H groups in total. The van der Waals surface area contributed by atoms with E-state index >= 15 is 0 Å². The number of halogens is 1. The van der Waals surface area contributed by atoms with Gasteiger partial charge in [-0.25, -0.2) is 4.99 Å². The predicted molar refractivity (Wildman–Crippen MR) is 107 cm³/mol. The molecule has 0 amide bonds. The molecule has 1 aromatic rings. The minimum Gasteiger partial charge on any atom is -0.497 e. The van der Waals surface area contributed by atoms with Gasteiger partial charge in [-0.3, -0.25) is 0 Å². The first-order valence-electron chi connectivity index (χ1n) is 8.49. The Morgan fingerprint density at radius 2 is 2.29 bits per heavy atom. The molecule has 0 aromatic heterocycles. The van der Waals surface area contributed by atoms with Gasteiger partial charge >= 0.3 is 0 Å². The lowest BCUT2D eigenvalue weighted by atomic mass is 9.87. The summed E-state index contributed by atoms with van der Waals surface area (Å²) in [6.07, 6.45) is 2.38. The zero-order chi connectivity index (χ0) is 16.1. The van der Waals surface area contributed by atoms with Crippen LogP contribution in [0.2, 0.25) is 0 Å². The molecule has 0 aliphatic carbocycles. The van der Waals surface area contributed by atoms with Crippen LogP contribution in [0.15, 0.2) is 29.3 Å². The van der Waals surface area contributed by atoms with E-state index in [-0.39, 0.29) is 24.0 Å². The number of aliphatic imine (C=N–C) groups is 1. The first-order valence-corrected chi connectivity index (χ1v) is 8.49. The second-order valence-electron chi connectivity index (χ2n) is 6.50. The molecule has 2 saturated heterocycles.